The summed E-state index contributed by atoms with van der Waals surface area (Å²) in [5, 5.41) is 0. The summed E-state index contributed by atoms with van der Waals surface area (Å²) in [6, 6.07) is 6.51. The monoisotopic (exact) mass is 236 g/mol. The molecule has 0 aliphatic carbocycles. The fraction of sp³-hybridized carbons (Fsp3) is 0.417. The van der Waals surface area contributed by atoms with Gasteiger partial charge in [-0.3, -0.25) is 10.2 Å². The summed E-state index contributed by atoms with van der Waals surface area (Å²) in [6.45, 7) is 0. The second-order valence-corrected chi connectivity index (χ2v) is 5.10. The Morgan fingerprint density at radius 3 is 3.19 bits per heavy atom. The minimum absolute atomic E-state index is 0.105. The maximum absolute atomic E-state index is 11.0. The second kappa shape index (κ2) is 5.37. The van der Waals surface area contributed by atoms with Crippen LogP contribution in [0.1, 0.15) is 24.0 Å². The minimum atomic E-state index is -0.105. The van der Waals surface area contributed by atoms with Crippen molar-refractivity contribution in [2.45, 2.75) is 30.6 Å². The number of hydrogen-bond donors (Lipinski definition) is 2. The summed E-state index contributed by atoms with van der Waals surface area (Å²) in [6.07, 6.45) is 3.65. The Morgan fingerprint density at radius 1 is 1.50 bits per heavy atom. The quantitative estimate of drug-likeness (QED) is 0.476. The Balaban J connectivity index is 2.03. The van der Waals surface area contributed by atoms with Crippen LogP contribution in [-0.4, -0.2) is 11.7 Å². The standard InChI is InChI=1S/C12H16N2OS/c13-14-12(15)6-4-9-3-5-11-10(8-9)2-1-7-16-11/h3,5,8H,1-2,4,6-7,13H2,(H,14,15). The van der Waals surface area contributed by atoms with E-state index in [2.05, 4.69) is 23.6 Å². The van der Waals surface area contributed by atoms with Gasteiger partial charge in [0, 0.05) is 11.3 Å². The molecule has 1 aromatic carbocycles. The van der Waals surface area contributed by atoms with Gasteiger partial charge in [-0.1, -0.05) is 12.1 Å². The summed E-state index contributed by atoms with van der Waals surface area (Å²) in [7, 11) is 0. The lowest BCUT2D eigenvalue weighted by Gasteiger charge is -2.15. The van der Waals surface area contributed by atoms with E-state index in [4.69, 9.17) is 5.84 Å². The smallest absolute Gasteiger partial charge is 0.234 e. The number of nitrogens with one attached hydrogen (secondary N) is 1. The van der Waals surface area contributed by atoms with E-state index in [0.29, 0.717) is 6.42 Å². The van der Waals surface area contributed by atoms with Gasteiger partial charge < -0.3 is 0 Å². The van der Waals surface area contributed by atoms with Crippen LogP contribution >= 0.6 is 11.8 Å². The number of rotatable bonds is 3. The molecule has 0 unspecified atom stereocenters. The van der Waals surface area contributed by atoms with Crippen molar-refractivity contribution < 1.29 is 4.79 Å². The Labute approximate surface area is 99.8 Å². The van der Waals surface area contributed by atoms with Crippen LogP contribution in [0.4, 0.5) is 0 Å². The first kappa shape index (κ1) is 11.5. The Bertz CT molecular complexity index is 393. The predicted octanol–water partition coefficient (Wildman–Crippen LogP) is 1.65. The number of amides is 1. The van der Waals surface area contributed by atoms with Crippen LogP contribution in [0.2, 0.25) is 0 Å². The third-order valence-electron chi connectivity index (χ3n) is 2.77. The fourth-order valence-electron chi connectivity index (χ4n) is 1.90. The molecule has 4 heteroatoms. The number of fused-ring (bicyclic) bond motifs is 1. The van der Waals surface area contributed by atoms with E-state index in [-0.39, 0.29) is 5.91 Å². The highest BCUT2D eigenvalue weighted by Gasteiger charge is 2.10. The third kappa shape index (κ3) is 2.77. The maximum Gasteiger partial charge on any atom is 0.234 e. The number of aryl methyl sites for hydroxylation is 2. The molecule has 2 rings (SSSR count). The average molecular weight is 236 g/mol. The molecule has 0 saturated heterocycles. The molecule has 0 radical (unpaired) electrons. The van der Waals surface area contributed by atoms with E-state index in [1.54, 1.807) is 0 Å². The van der Waals surface area contributed by atoms with Gasteiger partial charge in [-0.25, -0.2) is 5.84 Å². The fourth-order valence-corrected chi connectivity index (χ4v) is 2.92. The number of hydrazine groups is 1. The lowest BCUT2D eigenvalue weighted by Crippen LogP contribution is -2.30. The number of benzene rings is 1. The van der Waals surface area contributed by atoms with Crippen molar-refractivity contribution in [3.63, 3.8) is 0 Å². The summed E-state index contributed by atoms with van der Waals surface area (Å²) < 4.78 is 0. The van der Waals surface area contributed by atoms with Crippen molar-refractivity contribution in [2.24, 2.45) is 5.84 Å². The summed E-state index contributed by atoms with van der Waals surface area (Å²) in [5.41, 5.74) is 4.81. The zero-order valence-corrected chi connectivity index (χ0v) is 9.98. The third-order valence-corrected chi connectivity index (χ3v) is 3.98. The average Bonchev–Trinajstić information content (AvgIpc) is 2.35. The Hall–Kier alpha value is -1.00. The molecule has 0 spiro atoms. The molecule has 3 N–H and O–H groups in total. The van der Waals surface area contributed by atoms with Crippen molar-refractivity contribution in [1.29, 1.82) is 0 Å². The number of nitrogens with two attached hydrogens (primary N) is 1. The predicted molar refractivity (Wildman–Crippen MR) is 66.1 cm³/mol. The van der Waals surface area contributed by atoms with Crippen LogP contribution in [0.5, 0.6) is 0 Å². The van der Waals surface area contributed by atoms with E-state index >= 15 is 0 Å². The van der Waals surface area contributed by atoms with Gasteiger partial charge in [-0.15, -0.1) is 11.8 Å². The molecule has 0 atom stereocenters. The molecule has 1 aliphatic rings. The van der Waals surface area contributed by atoms with Crippen LogP contribution in [0.25, 0.3) is 0 Å². The van der Waals surface area contributed by atoms with E-state index < -0.39 is 0 Å². The first-order chi connectivity index (χ1) is 7.79. The van der Waals surface area contributed by atoms with E-state index in [0.717, 1.165) is 6.42 Å². The molecule has 0 aromatic heterocycles. The van der Waals surface area contributed by atoms with Gasteiger partial charge >= 0.3 is 0 Å². The highest BCUT2D eigenvalue weighted by atomic mass is 32.2. The van der Waals surface area contributed by atoms with Gasteiger partial charge in [-0.2, -0.15) is 0 Å². The number of carbonyl (C=O) groups is 1. The molecule has 1 aromatic rings. The van der Waals surface area contributed by atoms with Gasteiger partial charge in [0.1, 0.15) is 0 Å². The molecule has 86 valence electrons. The van der Waals surface area contributed by atoms with Crippen molar-refractivity contribution in [3.8, 4) is 0 Å². The van der Waals surface area contributed by atoms with Gasteiger partial charge in [-0.05, 0) is 42.2 Å². The van der Waals surface area contributed by atoms with Crippen molar-refractivity contribution in [3.05, 3.63) is 29.3 Å². The molecule has 0 fully saturated rings. The first-order valence-corrected chi connectivity index (χ1v) is 6.52. The maximum atomic E-state index is 11.0. The van der Waals surface area contributed by atoms with Crippen LogP contribution in [0.15, 0.2) is 23.1 Å². The summed E-state index contributed by atoms with van der Waals surface area (Å²) in [5.74, 6) is 6.16. The lowest BCUT2D eigenvalue weighted by atomic mass is 10.0. The number of hydrogen-bond acceptors (Lipinski definition) is 3. The Kier molecular flexibility index (Phi) is 3.85. The minimum Gasteiger partial charge on any atom is -0.294 e. The van der Waals surface area contributed by atoms with Gasteiger partial charge in [0.25, 0.3) is 0 Å². The molecule has 1 amide bonds. The van der Waals surface area contributed by atoms with Gasteiger partial charge in [0.2, 0.25) is 5.91 Å². The molecule has 1 heterocycles. The molecule has 0 saturated carbocycles. The highest BCUT2D eigenvalue weighted by Crippen LogP contribution is 2.30. The van der Waals surface area contributed by atoms with Gasteiger partial charge in [0.05, 0.1) is 0 Å². The largest absolute Gasteiger partial charge is 0.294 e. The summed E-state index contributed by atoms with van der Waals surface area (Å²) in [4.78, 5) is 12.4. The normalized spacial score (nSPS) is 14.3. The van der Waals surface area contributed by atoms with Crippen molar-refractivity contribution in [1.82, 2.24) is 5.43 Å². The van der Waals surface area contributed by atoms with Crippen LogP contribution in [-0.2, 0) is 17.6 Å². The zero-order valence-electron chi connectivity index (χ0n) is 9.16. The SMILES string of the molecule is NNC(=O)CCc1ccc2c(c1)CCCS2. The Morgan fingerprint density at radius 2 is 2.38 bits per heavy atom. The molecule has 0 bridgehead atoms. The van der Waals surface area contributed by atoms with E-state index in [1.807, 2.05) is 11.8 Å². The molecular formula is C12H16N2OS. The van der Waals surface area contributed by atoms with Crippen LogP contribution in [0, 0.1) is 0 Å². The molecule has 1 aliphatic heterocycles. The lowest BCUT2D eigenvalue weighted by molar-refractivity contribution is -0.121. The summed E-state index contributed by atoms with van der Waals surface area (Å²) >= 11 is 1.93. The molecular weight excluding hydrogens is 220 g/mol. The van der Waals surface area contributed by atoms with E-state index in [1.165, 1.54) is 34.6 Å². The second-order valence-electron chi connectivity index (χ2n) is 3.96. The molecule has 16 heavy (non-hydrogen) atoms. The van der Waals surface area contributed by atoms with Crippen molar-refractivity contribution >= 4 is 17.7 Å². The molecule has 3 nitrogen and oxygen atoms in total. The van der Waals surface area contributed by atoms with E-state index in [9.17, 15) is 4.79 Å². The highest BCUT2D eigenvalue weighted by molar-refractivity contribution is 7.99. The topological polar surface area (TPSA) is 55.1 Å². The van der Waals surface area contributed by atoms with Crippen LogP contribution < -0.4 is 11.3 Å². The zero-order chi connectivity index (χ0) is 11.4. The van der Waals surface area contributed by atoms with Gasteiger partial charge in [0.15, 0.2) is 0 Å². The first-order valence-electron chi connectivity index (χ1n) is 5.53. The number of thioether (sulfide) groups is 1. The van der Waals surface area contributed by atoms with Crippen molar-refractivity contribution in [2.75, 3.05) is 5.75 Å². The number of carbonyl (C=O) groups excluding carboxylic acids is 1. The van der Waals surface area contributed by atoms with Crippen LogP contribution in [0.3, 0.4) is 0 Å².